The fourth-order valence-electron chi connectivity index (χ4n) is 1.83. The molecule has 6 nitrogen and oxygen atoms in total. The molecule has 1 aromatic heterocycles. The summed E-state index contributed by atoms with van der Waals surface area (Å²) in [5, 5.41) is 0. The average molecular weight is 281 g/mol. The second kappa shape index (κ2) is 7.67. The van der Waals surface area contributed by atoms with Crippen LogP contribution in [0.15, 0.2) is 17.2 Å². The monoisotopic (exact) mass is 281 g/mol. The zero-order chi connectivity index (χ0) is 15.1. The topological polar surface area (TPSA) is 64.4 Å². The molecule has 0 aromatic carbocycles. The summed E-state index contributed by atoms with van der Waals surface area (Å²) in [4.78, 5) is 29.4. The summed E-state index contributed by atoms with van der Waals surface area (Å²) in [5.74, 6) is 0.475. The Kier molecular flexibility index (Phi) is 6.21. The summed E-state index contributed by atoms with van der Waals surface area (Å²) in [7, 11) is 1.75. The first-order chi connectivity index (χ1) is 9.45. The average Bonchev–Trinajstić information content (AvgIpc) is 2.38. The summed E-state index contributed by atoms with van der Waals surface area (Å²) in [5.41, 5.74) is -0.132. The van der Waals surface area contributed by atoms with Crippen molar-refractivity contribution in [2.24, 2.45) is 5.92 Å². The van der Waals surface area contributed by atoms with E-state index in [1.54, 1.807) is 35.8 Å². The Hall–Kier alpha value is -1.85. The first-order valence-corrected chi connectivity index (χ1v) is 6.87. The van der Waals surface area contributed by atoms with E-state index in [2.05, 4.69) is 18.8 Å². The molecular formula is C14H23N3O3. The van der Waals surface area contributed by atoms with Gasteiger partial charge in [0.05, 0.1) is 13.0 Å². The number of carbonyl (C=O) groups is 1. The molecule has 0 bridgehead atoms. The second-order valence-corrected chi connectivity index (χ2v) is 5.08. The summed E-state index contributed by atoms with van der Waals surface area (Å²) in [6, 6.07) is 0. The lowest BCUT2D eigenvalue weighted by molar-refractivity contribution is -0.142. The van der Waals surface area contributed by atoms with Crippen LogP contribution < -0.4 is 10.5 Å². The highest BCUT2D eigenvalue weighted by Crippen LogP contribution is 2.04. The van der Waals surface area contributed by atoms with E-state index in [1.807, 2.05) is 0 Å². The standard InChI is InChI=1S/C14H23N3O3/c1-5-20-12(18)6-8-16(4)13-14(19)17(9-7-15-13)10-11(2)3/h7,9,11H,5-6,8,10H2,1-4H3. The molecular weight excluding hydrogens is 258 g/mol. The van der Waals surface area contributed by atoms with Crippen LogP contribution in [0.3, 0.4) is 0 Å². The van der Waals surface area contributed by atoms with Crippen LogP contribution in [0.1, 0.15) is 27.2 Å². The van der Waals surface area contributed by atoms with Crippen LogP contribution in [0.5, 0.6) is 0 Å². The predicted molar refractivity (Wildman–Crippen MR) is 77.9 cm³/mol. The smallest absolute Gasteiger partial charge is 0.307 e. The molecule has 0 aliphatic rings. The van der Waals surface area contributed by atoms with Crippen molar-refractivity contribution in [1.82, 2.24) is 9.55 Å². The molecule has 0 aliphatic carbocycles. The molecule has 112 valence electrons. The molecule has 0 aliphatic heterocycles. The van der Waals surface area contributed by atoms with E-state index >= 15 is 0 Å². The Bertz CT molecular complexity index is 497. The third kappa shape index (κ3) is 4.68. The molecule has 20 heavy (non-hydrogen) atoms. The van der Waals surface area contributed by atoms with Crippen LogP contribution in [-0.4, -0.2) is 35.7 Å². The van der Waals surface area contributed by atoms with Crippen molar-refractivity contribution in [3.63, 3.8) is 0 Å². The van der Waals surface area contributed by atoms with Crippen LogP contribution in [0.4, 0.5) is 5.82 Å². The van der Waals surface area contributed by atoms with Crippen molar-refractivity contribution in [3.8, 4) is 0 Å². The van der Waals surface area contributed by atoms with Crippen LogP contribution in [0, 0.1) is 5.92 Å². The number of nitrogens with zero attached hydrogens (tertiary/aromatic N) is 3. The van der Waals surface area contributed by atoms with Gasteiger partial charge in [0.15, 0.2) is 5.82 Å². The molecule has 0 saturated heterocycles. The molecule has 1 heterocycles. The minimum Gasteiger partial charge on any atom is -0.466 e. The molecule has 0 amide bonds. The van der Waals surface area contributed by atoms with Crippen molar-refractivity contribution in [2.45, 2.75) is 33.7 Å². The number of hydrogen-bond acceptors (Lipinski definition) is 5. The maximum atomic E-state index is 12.3. The zero-order valence-electron chi connectivity index (χ0n) is 12.6. The van der Waals surface area contributed by atoms with E-state index in [4.69, 9.17) is 4.74 Å². The number of esters is 1. The minimum absolute atomic E-state index is 0.132. The molecule has 6 heteroatoms. The first-order valence-electron chi connectivity index (χ1n) is 6.87. The van der Waals surface area contributed by atoms with Crippen LogP contribution in [0.2, 0.25) is 0 Å². The van der Waals surface area contributed by atoms with Gasteiger partial charge in [-0.25, -0.2) is 4.98 Å². The van der Waals surface area contributed by atoms with Crippen LogP contribution in [0.25, 0.3) is 0 Å². The summed E-state index contributed by atoms with van der Waals surface area (Å²) in [6.07, 6.45) is 3.54. The fraction of sp³-hybridized carbons (Fsp3) is 0.643. The van der Waals surface area contributed by atoms with E-state index < -0.39 is 0 Å². The molecule has 0 saturated carbocycles. The summed E-state index contributed by atoms with van der Waals surface area (Å²) in [6.45, 7) is 7.30. The molecule has 0 atom stereocenters. The Morgan fingerprint density at radius 2 is 2.20 bits per heavy atom. The Morgan fingerprint density at radius 1 is 1.50 bits per heavy atom. The molecule has 0 radical (unpaired) electrons. The van der Waals surface area contributed by atoms with Gasteiger partial charge in [-0.3, -0.25) is 9.59 Å². The van der Waals surface area contributed by atoms with E-state index in [-0.39, 0.29) is 17.9 Å². The highest BCUT2D eigenvalue weighted by molar-refractivity contribution is 5.70. The Balaban J connectivity index is 2.75. The van der Waals surface area contributed by atoms with Gasteiger partial charge in [-0.15, -0.1) is 0 Å². The van der Waals surface area contributed by atoms with E-state index in [0.29, 0.717) is 31.4 Å². The molecule has 1 rings (SSSR count). The molecule has 0 N–H and O–H groups in total. The van der Waals surface area contributed by atoms with E-state index in [0.717, 1.165) is 0 Å². The molecule has 0 fully saturated rings. The van der Waals surface area contributed by atoms with Crippen molar-refractivity contribution >= 4 is 11.8 Å². The van der Waals surface area contributed by atoms with Gasteiger partial charge < -0.3 is 14.2 Å². The van der Waals surface area contributed by atoms with Crippen molar-refractivity contribution < 1.29 is 9.53 Å². The predicted octanol–water partition coefficient (Wildman–Crippen LogP) is 1.29. The summed E-state index contributed by atoms with van der Waals surface area (Å²) >= 11 is 0. The number of anilines is 1. The lowest BCUT2D eigenvalue weighted by atomic mass is 10.2. The Morgan fingerprint density at radius 3 is 2.80 bits per heavy atom. The minimum atomic E-state index is -0.266. The van der Waals surface area contributed by atoms with Gasteiger partial charge in [0.25, 0.3) is 5.56 Å². The van der Waals surface area contributed by atoms with Gasteiger partial charge in [0.2, 0.25) is 0 Å². The van der Waals surface area contributed by atoms with E-state index in [1.165, 1.54) is 0 Å². The molecule has 1 aromatic rings. The van der Waals surface area contributed by atoms with Crippen LogP contribution >= 0.6 is 0 Å². The molecule has 0 unspecified atom stereocenters. The zero-order valence-corrected chi connectivity index (χ0v) is 12.6. The third-order valence-corrected chi connectivity index (χ3v) is 2.78. The van der Waals surface area contributed by atoms with Crippen molar-refractivity contribution in [3.05, 3.63) is 22.7 Å². The van der Waals surface area contributed by atoms with Gasteiger partial charge in [0, 0.05) is 32.5 Å². The SMILES string of the molecule is CCOC(=O)CCN(C)c1nccn(CC(C)C)c1=O. The number of aromatic nitrogens is 2. The maximum Gasteiger partial charge on any atom is 0.307 e. The fourth-order valence-corrected chi connectivity index (χ4v) is 1.83. The highest BCUT2D eigenvalue weighted by atomic mass is 16.5. The third-order valence-electron chi connectivity index (χ3n) is 2.78. The van der Waals surface area contributed by atoms with Gasteiger partial charge in [-0.1, -0.05) is 13.8 Å². The summed E-state index contributed by atoms with van der Waals surface area (Å²) < 4.78 is 6.51. The molecule has 0 spiro atoms. The lowest BCUT2D eigenvalue weighted by Crippen LogP contribution is -2.32. The lowest BCUT2D eigenvalue weighted by Gasteiger charge is -2.18. The number of hydrogen-bond donors (Lipinski definition) is 0. The number of ether oxygens (including phenoxy) is 1. The van der Waals surface area contributed by atoms with Gasteiger partial charge in [-0.05, 0) is 12.8 Å². The quantitative estimate of drug-likeness (QED) is 0.705. The first kappa shape index (κ1) is 16.2. The van der Waals surface area contributed by atoms with E-state index in [9.17, 15) is 9.59 Å². The van der Waals surface area contributed by atoms with Crippen molar-refractivity contribution in [1.29, 1.82) is 0 Å². The van der Waals surface area contributed by atoms with Gasteiger partial charge in [-0.2, -0.15) is 0 Å². The van der Waals surface area contributed by atoms with Crippen molar-refractivity contribution in [2.75, 3.05) is 25.1 Å². The number of rotatable bonds is 7. The van der Waals surface area contributed by atoms with Crippen LogP contribution in [-0.2, 0) is 16.1 Å². The number of carbonyl (C=O) groups excluding carboxylic acids is 1. The largest absolute Gasteiger partial charge is 0.466 e. The van der Waals surface area contributed by atoms with Gasteiger partial charge >= 0.3 is 5.97 Å². The highest BCUT2D eigenvalue weighted by Gasteiger charge is 2.12. The maximum absolute atomic E-state index is 12.3. The normalized spacial score (nSPS) is 10.7. The second-order valence-electron chi connectivity index (χ2n) is 5.08. The van der Waals surface area contributed by atoms with Gasteiger partial charge in [0.1, 0.15) is 0 Å². The Labute approximate surface area is 119 Å².